The van der Waals surface area contributed by atoms with Gasteiger partial charge in [0.15, 0.2) is 0 Å². The van der Waals surface area contributed by atoms with E-state index >= 15 is 0 Å². The lowest BCUT2D eigenvalue weighted by Gasteiger charge is -2.03. The van der Waals surface area contributed by atoms with Gasteiger partial charge in [-0.2, -0.15) is 5.10 Å². The van der Waals surface area contributed by atoms with Crippen LogP contribution in [0.3, 0.4) is 0 Å². The molecular formula is C9H16N4O2. The minimum atomic E-state index is -0.178. The monoisotopic (exact) mass is 212 g/mol. The first-order chi connectivity index (χ1) is 7.24. The van der Waals surface area contributed by atoms with Gasteiger partial charge in [0.1, 0.15) is 12.2 Å². The number of carbonyl (C=O) groups excluding carboxylic acids is 1. The lowest BCUT2D eigenvalue weighted by molar-refractivity contribution is -0.142. The molecule has 1 aromatic rings. The van der Waals surface area contributed by atoms with Crippen molar-refractivity contribution in [1.29, 1.82) is 0 Å². The van der Waals surface area contributed by atoms with Crippen molar-refractivity contribution < 1.29 is 9.53 Å². The zero-order valence-electron chi connectivity index (χ0n) is 9.06. The van der Waals surface area contributed by atoms with Crippen LogP contribution in [0.2, 0.25) is 0 Å². The predicted octanol–water partition coefficient (Wildman–Crippen LogP) is -0.142. The molecule has 0 fully saturated rings. The number of nitrogens with one attached hydrogen (secondary N) is 1. The van der Waals surface area contributed by atoms with Gasteiger partial charge in [0, 0.05) is 13.6 Å². The van der Waals surface area contributed by atoms with Gasteiger partial charge in [-0.15, -0.1) is 0 Å². The van der Waals surface area contributed by atoms with E-state index in [0.717, 1.165) is 5.82 Å². The molecule has 0 aliphatic carbocycles. The third-order valence-electron chi connectivity index (χ3n) is 1.90. The van der Waals surface area contributed by atoms with Gasteiger partial charge in [0.2, 0.25) is 0 Å². The van der Waals surface area contributed by atoms with Gasteiger partial charge in [-0.3, -0.25) is 9.48 Å². The van der Waals surface area contributed by atoms with Crippen LogP contribution in [0.25, 0.3) is 0 Å². The summed E-state index contributed by atoms with van der Waals surface area (Å²) in [5.41, 5.74) is 0. The second-order valence-electron chi connectivity index (χ2n) is 3.03. The van der Waals surface area contributed by atoms with Crippen LogP contribution in [0.4, 0.5) is 0 Å². The van der Waals surface area contributed by atoms with Crippen molar-refractivity contribution in [2.45, 2.75) is 19.9 Å². The summed E-state index contributed by atoms with van der Waals surface area (Å²) < 4.78 is 6.48. The molecule has 1 aromatic heterocycles. The fraction of sp³-hybridized carbons (Fsp3) is 0.667. The molecule has 0 saturated carbocycles. The Bertz CT molecular complexity index is 311. The van der Waals surface area contributed by atoms with Crippen molar-refractivity contribution >= 4 is 5.97 Å². The highest BCUT2D eigenvalue weighted by Gasteiger charge is 2.02. The maximum Gasteiger partial charge on any atom is 0.307 e. The standard InChI is InChI=1S/C9H16N4O2/c1-3-15-9(14)4-5-10-6-8-11-7-12-13(8)2/h7,10H,3-6H2,1-2H3. The van der Waals surface area contributed by atoms with E-state index in [1.54, 1.807) is 11.6 Å². The maximum absolute atomic E-state index is 11.0. The number of ether oxygens (including phenoxy) is 1. The number of nitrogens with zero attached hydrogens (tertiary/aromatic N) is 3. The fourth-order valence-corrected chi connectivity index (χ4v) is 1.10. The van der Waals surface area contributed by atoms with Gasteiger partial charge in [0.05, 0.1) is 19.6 Å². The SMILES string of the molecule is CCOC(=O)CCNCc1ncnn1C. The average Bonchev–Trinajstić information content (AvgIpc) is 2.60. The first-order valence-corrected chi connectivity index (χ1v) is 4.93. The summed E-state index contributed by atoms with van der Waals surface area (Å²) in [6.45, 7) is 3.43. The minimum absolute atomic E-state index is 0.178. The lowest BCUT2D eigenvalue weighted by atomic mass is 10.4. The molecule has 1 rings (SSSR count). The Morgan fingerprint density at radius 1 is 1.67 bits per heavy atom. The van der Waals surface area contributed by atoms with Crippen molar-refractivity contribution in [3.63, 3.8) is 0 Å². The van der Waals surface area contributed by atoms with Crippen LogP contribution < -0.4 is 5.32 Å². The maximum atomic E-state index is 11.0. The lowest BCUT2D eigenvalue weighted by Crippen LogP contribution is -2.20. The van der Waals surface area contributed by atoms with Crippen molar-refractivity contribution in [2.24, 2.45) is 7.05 Å². The first-order valence-electron chi connectivity index (χ1n) is 4.93. The van der Waals surface area contributed by atoms with Crippen LogP contribution >= 0.6 is 0 Å². The summed E-state index contributed by atoms with van der Waals surface area (Å²) in [4.78, 5) is 15.0. The van der Waals surface area contributed by atoms with Gasteiger partial charge < -0.3 is 10.1 Å². The van der Waals surface area contributed by atoms with Crippen LogP contribution in [0, 0.1) is 0 Å². The molecule has 0 spiro atoms. The van der Waals surface area contributed by atoms with E-state index in [4.69, 9.17) is 4.74 Å². The summed E-state index contributed by atoms with van der Waals surface area (Å²) in [6, 6.07) is 0. The van der Waals surface area contributed by atoms with Gasteiger partial charge in [-0.05, 0) is 6.92 Å². The quantitative estimate of drug-likeness (QED) is 0.525. The zero-order valence-corrected chi connectivity index (χ0v) is 9.06. The minimum Gasteiger partial charge on any atom is -0.466 e. The van der Waals surface area contributed by atoms with Crippen molar-refractivity contribution in [2.75, 3.05) is 13.2 Å². The molecule has 1 N–H and O–H groups in total. The third kappa shape index (κ3) is 4.07. The van der Waals surface area contributed by atoms with Crippen LogP contribution in [-0.2, 0) is 23.1 Å². The molecule has 0 aliphatic heterocycles. The number of esters is 1. The van der Waals surface area contributed by atoms with E-state index in [-0.39, 0.29) is 5.97 Å². The van der Waals surface area contributed by atoms with Crippen LogP contribution in [-0.4, -0.2) is 33.9 Å². The number of hydrogen-bond acceptors (Lipinski definition) is 5. The largest absolute Gasteiger partial charge is 0.466 e. The molecule has 84 valence electrons. The number of carbonyl (C=O) groups is 1. The topological polar surface area (TPSA) is 69.0 Å². The third-order valence-corrected chi connectivity index (χ3v) is 1.90. The van der Waals surface area contributed by atoms with Crippen molar-refractivity contribution in [1.82, 2.24) is 20.1 Å². The Morgan fingerprint density at radius 2 is 2.47 bits per heavy atom. The summed E-state index contributed by atoms with van der Waals surface area (Å²) in [5.74, 6) is 0.668. The molecule has 0 bridgehead atoms. The molecule has 0 saturated heterocycles. The molecule has 0 aromatic carbocycles. The Morgan fingerprint density at radius 3 is 3.07 bits per heavy atom. The second kappa shape index (κ2) is 6.13. The summed E-state index contributed by atoms with van der Waals surface area (Å²) in [7, 11) is 1.83. The summed E-state index contributed by atoms with van der Waals surface area (Å²) in [5, 5.41) is 7.03. The van der Waals surface area contributed by atoms with E-state index in [1.807, 2.05) is 7.05 Å². The van der Waals surface area contributed by atoms with Gasteiger partial charge in [-0.1, -0.05) is 0 Å². The Hall–Kier alpha value is -1.43. The highest BCUT2D eigenvalue weighted by molar-refractivity contribution is 5.69. The van der Waals surface area contributed by atoms with Crippen molar-refractivity contribution in [3.8, 4) is 0 Å². The number of aromatic nitrogens is 3. The molecule has 1 heterocycles. The fourth-order valence-electron chi connectivity index (χ4n) is 1.10. The van der Waals surface area contributed by atoms with E-state index in [2.05, 4.69) is 15.4 Å². The van der Waals surface area contributed by atoms with E-state index in [9.17, 15) is 4.79 Å². The van der Waals surface area contributed by atoms with Gasteiger partial charge in [-0.25, -0.2) is 4.98 Å². The van der Waals surface area contributed by atoms with Gasteiger partial charge >= 0.3 is 5.97 Å². The molecule has 0 unspecified atom stereocenters. The van der Waals surface area contributed by atoms with Crippen molar-refractivity contribution in [3.05, 3.63) is 12.2 Å². The molecule has 6 nitrogen and oxygen atoms in total. The van der Waals surface area contributed by atoms with E-state index in [1.165, 1.54) is 6.33 Å². The molecular weight excluding hydrogens is 196 g/mol. The Kier molecular flexibility index (Phi) is 4.76. The zero-order chi connectivity index (χ0) is 11.1. The Labute approximate surface area is 88.6 Å². The highest BCUT2D eigenvalue weighted by Crippen LogP contribution is 1.90. The molecule has 0 radical (unpaired) electrons. The van der Waals surface area contributed by atoms with Crippen LogP contribution in [0.5, 0.6) is 0 Å². The summed E-state index contributed by atoms with van der Waals surface area (Å²) >= 11 is 0. The first kappa shape index (κ1) is 11.6. The van der Waals surface area contributed by atoms with Crippen LogP contribution in [0.15, 0.2) is 6.33 Å². The van der Waals surface area contributed by atoms with E-state index < -0.39 is 0 Å². The normalized spacial score (nSPS) is 10.3. The predicted molar refractivity (Wildman–Crippen MR) is 54.0 cm³/mol. The molecule has 0 atom stereocenters. The van der Waals surface area contributed by atoms with E-state index in [0.29, 0.717) is 26.1 Å². The van der Waals surface area contributed by atoms with Crippen LogP contribution in [0.1, 0.15) is 19.2 Å². The van der Waals surface area contributed by atoms with Gasteiger partial charge in [0.25, 0.3) is 0 Å². The molecule has 0 amide bonds. The summed E-state index contributed by atoms with van der Waals surface area (Å²) in [6.07, 6.45) is 1.88. The Balaban J connectivity index is 2.12. The number of hydrogen-bond donors (Lipinski definition) is 1. The second-order valence-corrected chi connectivity index (χ2v) is 3.03. The molecule has 0 aliphatic rings. The number of rotatable bonds is 6. The smallest absolute Gasteiger partial charge is 0.307 e. The highest BCUT2D eigenvalue weighted by atomic mass is 16.5. The number of aryl methyl sites for hydroxylation is 1. The average molecular weight is 212 g/mol. The molecule has 6 heteroatoms. The molecule has 15 heavy (non-hydrogen) atoms.